The van der Waals surface area contributed by atoms with E-state index in [0.717, 1.165) is 24.2 Å². The van der Waals surface area contributed by atoms with Gasteiger partial charge >= 0.3 is 5.97 Å². The summed E-state index contributed by atoms with van der Waals surface area (Å²) in [6.45, 7) is 2.86. The molecule has 0 saturated carbocycles. The maximum Gasteiger partial charge on any atom is 0.338 e. The number of carbonyl (C=O) groups excluding carboxylic acids is 3. The van der Waals surface area contributed by atoms with E-state index in [2.05, 4.69) is 4.98 Å². The number of aliphatic hydroxyl groups excluding tert-OH is 1. The minimum atomic E-state index is -0.904. The lowest BCUT2D eigenvalue weighted by Crippen LogP contribution is -2.29. The van der Waals surface area contributed by atoms with E-state index < -0.39 is 23.7 Å². The van der Waals surface area contributed by atoms with Gasteiger partial charge in [0.05, 0.1) is 30.4 Å². The Morgan fingerprint density at radius 1 is 1.14 bits per heavy atom. The van der Waals surface area contributed by atoms with E-state index in [1.54, 1.807) is 67.0 Å². The number of benzene rings is 2. The van der Waals surface area contributed by atoms with Crippen LogP contribution < -0.4 is 9.64 Å². The fraction of sp³-hybridized carbons (Fsp3) is 0.241. The van der Waals surface area contributed by atoms with Gasteiger partial charge in [-0.1, -0.05) is 13.0 Å². The number of esters is 1. The SMILES string of the molecule is CCCOC(=O)c1ccc(N2C(=O)C(=O)/C(=C(\O)c3ccc4c(c3)CCCO4)C2c2cccnc2)cc1. The van der Waals surface area contributed by atoms with E-state index in [1.807, 2.05) is 6.92 Å². The van der Waals surface area contributed by atoms with Crippen LogP contribution in [0, 0.1) is 0 Å². The van der Waals surface area contributed by atoms with Crippen molar-refractivity contribution in [2.45, 2.75) is 32.2 Å². The molecule has 1 atom stereocenters. The third kappa shape index (κ3) is 4.58. The van der Waals surface area contributed by atoms with E-state index in [0.29, 0.717) is 42.0 Å². The zero-order valence-corrected chi connectivity index (χ0v) is 20.3. The minimum Gasteiger partial charge on any atom is -0.507 e. The van der Waals surface area contributed by atoms with Crippen molar-refractivity contribution in [2.24, 2.45) is 0 Å². The number of pyridine rings is 1. The van der Waals surface area contributed by atoms with Gasteiger partial charge in [-0.2, -0.15) is 0 Å². The van der Waals surface area contributed by atoms with Crippen LogP contribution in [0.25, 0.3) is 5.76 Å². The first kappa shape index (κ1) is 24.2. The summed E-state index contributed by atoms with van der Waals surface area (Å²) < 4.78 is 10.8. The van der Waals surface area contributed by atoms with E-state index in [4.69, 9.17) is 9.47 Å². The number of aromatic nitrogens is 1. The van der Waals surface area contributed by atoms with Gasteiger partial charge < -0.3 is 14.6 Å². The average molecular weight is 499 g/mol. The molecule has 3 aromatic rings. The van der Waals surface area contributed by atoms with Gasteiger partial charge in [0.25, 0.3) is 11.7 Å². The van der Waals surface area contributed by atoms with Crippen LogP contribution in [0.5, 0.6) is 5.75 Å². The number of aliphatic hydroxyl groups is 1. The molecule has 188 valence electrons. The third-order valence-electron chi connectivity index (χ3n) is 6.44. The predicted octanol–water partition coefficient (Wildman–Crippen LogP) is 4.60. The molecule has 2 aliphatic rings. The number of hydrogen-bond acceptors (Lipinski definition) is 7. The number of hydrogen-bond donors (Lipinski definition) is 1. The number of carbonyl (C=O) groups is 3. The van der Waals surface area contributed by atoms with Crippen molar-refractivity contribution < 1.29 is 29.0 Å². The fourth-order valence-corrected chi connectivity index (χ4v) is 4.65. The first-order valence-electron chi connectivity index (χ1n) is 12.2. The Labute approximate surface area is 214 Å². The van der Waals surface area contributed by atoms with Crippen molar-refractivity contribution in [3.05, 3.63) is 94.8 Å². The van der Waals surface area contributed by atoms with E-state index >= 15 is 0 Å². The normalized spacial score (nSPS) is 18.3. The Balaban J connectivity index is 1.58. The topological polar surface area (TPSA) is 106 Å². The minimum absolute atomic E-state index is 0.0268. The second kappa shape index (κ2) is 10.3. The summed E-state index contributed by atoms with van der Waals surface area (Å²) in [4.78, 5) is 44.4. The summed E-state index contributed by atoms with van der Waals surface area (Å²) in [5.74, 6) is -1.55. The molecule has 1 N–H and O–H groups in total. The second-order valence-electron chi connectivity index (χ2n) is 8.91. The molecule has 0 spiro atoms. The summed E-state index contributed by atoms with van der Waals surface area (Å²) in [6.07, 6.45) is 5.52. The average Bonchev–Trinajstić information content (AvgIpc) is 3.21. The lowest BCUT2D eigenvalue weighted by atomic mass is 9.94. The zero-order valence-electron chi connectivity index (χ0n) is 20.3. The highest BCUT2D eigenvalue weighted by atomic mass is 16.5. The van der Waals surface area contributed by atoms with Crippen molar-refractivity contribution in [1.29, 1.82) is 0 Å². The van der Waals surface area contributed by atoms with Crippen LogP contribution in [-0.2, 0) is 20.7 Å². The number of nitrogens with zero attached hydrogens (tertiary/aromatic N) is 2. The molecule has 1 fully saturated rings. The lowest BCUT2D eigenvalue weighted by molar-refractivity contribution is -0.132. The number of rotatable bonds is 6. The molecule has 0 bridgehead atoms. The van der Waals surface area contributed by atoms with Crippen molar-refractivity contribution >= 4 is 29.1 Å². The third-order valence-corrected chi connectivity index (χ3v) is 6.44. The van der Waals surface area contributed by atoms with E-state index in [-0.39, 0.29) is 11.3 Å². The van der Waals surface area contributed by atoms with Crippen molar-refractivity contribution in [2.75, 3.05) is 18.1 Å². The highest BCUT2D eigenvalue weighted by Crippen LogP contribution is 2.42. The molecule has 5 rings (SSSR count). The second-order valence-corrected chi connectivity index (χ2v) is 8.91. The molecule has 8 heteroatoms. The monoisotopic (exact) mass is 498 g/mol. The van der Waals surface area contributed by atoms with E-state index in [1.165, 1.54) is 4.90 Å². The molecular formula is C29H26N2O6. The maximum atomic E-state index is 13.3. The molecule has 37 heavy (non-hydrogen) atoms. The Morgan fingerprint density at radius 3 is 2.65 bits per heavy atom. The molecule has 2 aliphatic heterocycles. The summed E-state index contributed by atoms with van der Waals surface area (Å²) in [5.41, 5.74) is 2.65. The number of ether oxygens (including phenoxy) is 2. The summed E-state index contributed by atoms with van der Waals surface area (Å²) in [5, 5.41) is 11.4. The van der Waals surface area contributed by atoms with Crippen molar-refractivity contribution in [1.82, 2.24) is 4.98 Å². The fourth-order valence-electron chi connectivity index (χ4n) is 4.65. The molecule has 1 unspecified atom stereocenters. The highest BCUT2D eigenvalue weighted by Gasteiger charge is 2.47. The molecule has 1 saturated heterocycles. The zero-order chi connectivity index (χ0) is 25.9. The Kier molecular flexibility index (Phi) is 6.72. The summed E-state index contributed by atoms with van der Waals surface area (Å²) in [7, 11) is 0. The van der Waals surface area contributed by atoms with Gasteiger partial charge in [-0.3, -0.25) is 19.5 Å². The smallest absolute Gasteiger partial charge is 0.338 e. The van der Waals surface area contributed by atoms with Crippen molar-refractivity contribution in [3.63, 3.8) is 0 Å². The number of ketones is 1. The van der Waals surface area contributed by atoms with Crippen LogP contribution >= 0.6 is 0 Å². The number of fused-ring (bicyclic) bond motifs is 1. The Morgan fingerprint density at radius 2 is 1.92 bits per heavy atom. The van der Waals surface area contributed by atoms with E-state index in [9.17, 15) is 19.5 Å². The maximum absolute atomic E-state index is 13.3. The lowest BCUT2D eigenvalue weighted by Gasteiger charge is -2.25. The van der Waals surface area contributed by atoms with Gasteiger partial charge in [-0.15, -0.1) is 0 Å². The van der Waals surface area contributed by atoms with Crippen LogP contribution in [0.4, 0.5) is 5.69 Å². The predicted molar refractivity (Wildman–Crippen MR) is 136 cm³/mol. The van der Waals surface area contributed by atoms with Gasteiger partial charge in [-0.05, 0) is 78.9 Å². The first-order valence-corrected chi connectivity index (χ1v) is 12.2. The molecule has 0 radical (unpaired) electrons. The van der Waals surface area contributed by atoms with Gasteiger partial charge in [0.15, 0.2) is 0 Å². The van der Waals surface area contributed by atoms with Crippen LogP contribution in [0.1, 0.15) is 52.9 Å². The Bertz CT molecular complexity index is 1380. The largest absolute Gasteiger partial charge is 0.507 e. The van der Waals surface area contributed by atoms with Crippen LogP contribution in [0.3, 0.4) is 0 Å². The quantitative estimate of drug-likeness (QED) is 0.229. The van der Waals surface area contributed by atoms with Crippen LogP contribution in [-0.4, -0.2) is 41.0 Å². The highest BCUT2D eigenvalue weighted by molar-refractivity contribution is 6.51. The Hall–Kier alpha value is -4.46. The van der Waals surface area contributed by atoms with Crippen LogP contribution in [0.15, 0.2) is 72.6 Å². The molecule has 2 aromatic carbocycles. The summed E-state index contributed by atoms with van der Waals surface area (Å²) in [6, 6.07) is 14.1. The van der Waals surface area contributed by atoms with Gasteiger partial charge in [0.1, 0.15) is 11.5 Å². The molecule has 8 nitrogen and oxygen atoms in total. The van der Waals surface area contributed by atoms with Gasteiger partial charge in [0.2, 0.25) is 0 Å². The molecule has 0 aliphatic carbocycles. The number of amides is 1. The first-order chi connectivity index (χ1) is 18.0. The molecule has 3 heterocycles. The molecular weight excluding hydrogens is 472 g/mol. The number of aryl methyl sites for hydroxylation is 1. The summed E-state index contributed by atoms with van der Waals surface area (Å²) >= 11 is 0. The van der Waals surface area contributed by atoms with Gasteiger partial charge in [0, 0.05) is 23.6 Å². The molecule has 1 aromatic heterocycles. The van der Waals surface area contributed by atoms with Crippen LogP contribution in [0.2, 0.25) is 0 Å². The number of Topliss-reactive ketones (excluding diaryl/α,β-unsaturated/α-hetero) is 1. The molecule has 1 amide bonds. The van der Waals surface area contributed by atoms with Crippen molar-refractivity contribution in [3.8, 4) is 5.75 Å². The van der Waals surface area contributed by atoms with Gasteiger partial charge in [-0.25, -0.2) is 4.79 Å². The standard InChI is InChI=1S/C29H26N2O6/c1-2-14-37-29(35)18-7-10-22(11-8-18)31-25(21-5-3-13-30-17-21)24(27(33)28(31)34)26(32)20-9-12-23-19(16-20)6-4-15-36-23/h3,5,7-13,16-17,25,32H,2,4,6,14-15H2,1H3/b26-24-. The number of anilines is 1.